The fraction of sp³-hybridized carbons (Fsp3) is 0.500. The largest absolute Gasteiger partial charge is 0.476 e. The molecule has 0 N–H and O–H groups in total. The molecule has 0 radical (unpaired) electrons. The Morgan fingerprint density at radius 2 is 1.70 bits per heavy atom. The first-order chi connectivity index (χ1) is 10.6. The van der Waals surface area contributed by atoms with E-state index in [0.717, 1.165) is 6.54 Å². The molecule has 0 unspecified atom stereocenters. The second kappa shape index (κ2) is 6.56. The van der Waals surface area contributed by atoms with E-state index in [1.165, 1.54) is 28.9 Å². The van der Waals surface area contributed by atoms with Crippen molar-refractivity contribution in [2.75, 3.05) is 6.54 Å². The number of aromatic nitrogens is 2. The Bertz CT molecular complexity index is 676. The lowest BCUT2D eigenvalue weighted by Crippen LogP contribution is -2.54. The Hall–Kier alpha value is -1.48. The van der Waals surface area contributed by atoms with Gasteiger partial charge in [0.15, 0.2) is 0 Å². The van der Waals surface area contributed by atoms with Gasteiger partial charge in [-0.3, -0.25) is 4.57 Å². The van der Waals surface area contributed by atoms with E-state index in [2.05, 4.69) is 80.0 Å². The maximum Gasteiger partial charge on any atom is 0.134 e. The van der Waals surface area contributed by atoms with Gasteiger partial charge in [0.2, 0.25) is 0 Å². The van der Waals surface area contributed by atoms with Crippen molar-refractivity contribution in [3.63, 3.8) is 0 Å². The molecule has 0 saturated carbocycles. The first-order valence-electron chi connectivity index (χ1n) is 7.53. The quantitative estimate of drug-likeness (QED) is 0.574. The highest BCUT2D eigenvalue weighted by molar-refractivity contribution is 6.28. The van der Waals surface area contributed by atoms with E-state index in [9.17, 15) is 0 Å². The third-order valence-corrected chi connectivity index (χ3v) is 3.44. The van der Waals surface area contributed by atoms with Crippen LogP contribution in [0.3, 0.4) is 0 Å². The Morgan fingerprint density at radius 3 is 2.22 bits per heavy atom. The standard InChI is InChI=1S/C18H32B2N3/c1-13-11-14(2)16(15(3)12-13)22-9-7-21(17(22)19)8-10-23(20)18(4,5)6/h7,9,11-12H,8,10H2,1-6,19-20H3/q-1. The van der Waals surface area contributed by atoms with Gasteiger partial charge in [-0.1, -0.05) is 38.5 Å². The number of nitrogens with zero attached hydrogens (tertiary/aromatic N) is 3. The van der Waals surface area contributed by atoms with Crippen LogP contribution in [0.4, 0.5) is 0 Å². The number of hydrogen-bond acceptors (Lipinski definition) is 1. The monoisotopic (exact) mass is 312 g/mol. The number of aryl methyl sites for hydroxylation is 3. The zero-order chi connectivity index (χ0) is 17.4. The molecule has 1 aromatic carbocycles. The summed E-state index contributed by atoms with van der Waals surface area (Å²) in [6, 6.07) is 4.60. The van der Waals surface area contributed by atoms with Crippen molar-refractivity contribution >= 4 is 21.6 Å². The molecule has 0 atom stereocenters. The van der Waals surface area contributed by atoms with Crippen LogP contribution in [0.25, 0.3) is 5.69 Å². The molecule has 0 amide bonds. The zero-order valence-electron chi connectivity index (χ0n) is 14.1. The average Bonchev–Trinajstić information content (AvgIpc) is 2.75. The van der Waals surface area contributed by atoms with Crippen LogP contribution in [0.1, 0.15) is 37.5 Å². The molecule has 0 aliphatic rings. The van der Waals surface area contributed by atoms with E-state index in [0.29, 0.717) is 5.54 Å². The molecule has 0 saturated heterocycles. The maximum absolute atomic E-state index is 2.68. The summed E-state index contributed by atoms with van der Waals surface area (Å²) >= 11 is 0. The number of benzene rings is 1. The lowest BCUT2D eigenvalue weighted by atomic mass is 10.0. The molecular formula is C18H32B2N3-. The first kappa shape index (κ1) is 17.9. The third kappa shape index (κ3) is 3.89. The number of imidazole rings is 1. The molecule has 5 heteroatoms. The van der Waals surface area contributed by atoms with E-state index in [-0.39, 0.29) is 15.8 Å². The fourth-order valence-electron chi connectivity index (χ4n) is 2.65. The molecule has 126 valence electrons. The molecule has 1 aromatic heterocycles. The van der Waals surface area contributed by atoms with Crippen LogP contribution >= 0.6 is 0 Å². The smallest absolute Gasteiger partial charge is 0.134 e. The summed E-state index contributed by atoms with van der Waals surface area (Å²) in [5.74, 6) is 0. The molecular weight excluding hydrogens is 280 g/mol. The normalized spacial score (nSPS) is 12.2. The fourth-order valence-corrected chi connectivity index (χ4v) is 2.65. The van der Waals surface area contributed by atoms with Crippen molar-refractivity contribution in [3.8, 4) is 5.69 Å². The van der Waals surface area contributed by atoms with Crippen LogP contribution in [-0.2, 0) is 6.54 Å². The molecule has 3 nitrogen and oxygen atoms in total. The predicted molar refractivity (Wildman–Crippen MR) is 106 cm³/mol. The van der Waals surface area contributed by atoms with Crippen molar-refractivity contribution in [2.24, 2.45) is 0 Å². The van der Waals surface area contributed by atoms with E-state index in [1.807, 2.05) is 0 Å². The zero-order valence-corrected chi connectivity index (χ0v) is 14.1. The van der Waals surface area contributed by atoms with Gasteiger partial charge in [-0.25, -0.2) is 4.57 Å². The van der Waals surface area contributed by atoms with Gasteiger partial charge < -0.3 is 4.81 Å². The van der Waals surface area contributed by atoms with Gasteiger partial charge in [0.25, 0.3) is 0 Å². The molecule has 0 aliphatic carbocycles. The second-order valence-corrected chi connectivity index (χ2v) is 6.76. The van der Waals surface area contributed by atoms with Crippen LogP contribution in [-0.4, -0.2) is 37.3 Å². The number of hydrogen-bond donors (Lipinski definition) is 0. The average molecular weight is 312 g/mol. The van der Waals surface area contributed by atoms with E-state index in [1.54, 1.807) is 5.72 Å². The lowest BCUT2D eigenvalue weighted by Gasteiger charge is -2.38. The number of rotatable bonds is 4. The Labute approximate surface area is 143 Å². The van der Waals surface area contributed by atoms with Crippen molar-refractivity contribution < 1.29 is 4.57 Å². The first-order valence-corrected chi connectivity index (χ1v) is 7.53. The van der Waals surface area contributed by atoms with Gasteiger partial charge in [-0.2, -0.15) is 0 Å². The predicted octanol–water partition coefficient (Wildman–Crippen LogP) is 0.0617. The summed E-state index contributed by atoms with van der Waals surface area (Å²) < 4.78 is 4.95. The molecule has 2 rings (SSSR count). The van der Waals surface area contributed by atoms with Crippen molar-refractivity contribution in [1.29, 1.82) is 0 Å². The SMILES string of the molecule is [BH3-]c1n(-c2c(C)cc(C)cc2C)cc[n+]1CCN([BH3-])C(C)(C)C. The van der Waals surface area contributed by atoms with Crippen LogP contribution in [0.5, 0.6) is 0 Å². The summed E-state index contributed by atoms with van der Waals surface area (Å²) in [5, 5.41) is 0. The van der Waals surface area contributed by atoms with Crippen molar-refractivity contribution in [2.45, 2.75) is 53.6 Å². The molecule has 0 fully saturated rings. The molecule has 0 spiro atoms. The lowest BCUT2D eigenvalue weighted by molar-refractivity contribution is -0.678. The molecule has 1 heterocycles. The van der Waals surface area contributed by atoms with Gasteiger partial charge >= 0.3 is 0 Å². The van der Waals surface area contributed by atoms with E-state index < -0.39 is 0 Å². The minimum absolute atomic E-state index is 0.120. The summed E-state index contributed by atoms with van der Waals surface area (Å²) in [6.07, 6.45) is 4.56. The van der Waals surface area contributed by atoms with Gasteiger partial charge in [-0.15, -0.1) is 0 Å². The highest BCUT2D eigenvalue weighted by Crippen LogP contribution is 2.19. The van der Waals surface area contributed by atoms with Gasteiger partial charge in [0.05, 0.1) is 20.1 Å². The van der Waals surface area contributed by atoms with E-state index >= 15 is 0 Å². The van der Waals surface area contributed by atoms with Crippen LogP contribution in [0.2, 0.25) is 0 Å². The second-order valence-electron chi connectivity index (χ2n) is 6.76. The molecule has 0 aliphatic heterocycles. The minimum Gasteiger partial charge on any atom is -0.476 e. The molecule has 0 bridgehead atoms. The Balaban J connectivity index is 2.27. The van der Waals surface area contributed by atoms with Crippen molar-refractivity contribution in [3.05, 3.63) is 41.2 Å². The van der Waals surface area contributed by atoms with E-state index in [4.69, 9.17) is 0 Å². The summed E-state index contributed by atoms with van der Waals surface area (Å²) in [6.45, 7) is 16.0. The summed E-state index contributed by atoms with van der Waals surface area (Å²) in [5.41, 5.74) is 7.42. The topological polar surface area (TPSA) is 12.0 Å². The molecule has 23 heavy (non-hydrogen) atoms. The van der Waals surface area contributed by atoms with Crippen LogP contribution < -0.4 is 10.3 Å². The Morgan fingerprint density at radius 1 is 1.13 bits per heavy atom. The third-order valence-electron chi connectivity index (χ3n) is 3.44. The van der Waals surface area contributed by atoms with Crippen molar-refractivity contribution in [1.82, 2.24) is 9.38 Å². The van der Waals surface area contributed by atoms with Crippen LogP contribution in [0.15, 0.2) is 24.5 Å². The maximum atomic E-state index is 2.68. The summed E-state index contributed by atoms with van der Waals surface area (Å²) in [7, 11) is 0.361. The van der Waals surface area contributed by atoms with Crippen LogP contribution in [0, 0.1) is 20.8 Å². The van der Waals surface area contributed by atoms with Gasteiger partial charge in [-0.05, 0) is 37.4 Å². The Kier molecular flexibility index (Phi) is 5.10. The highest BCUT2D eigenvalue weighted by atomic mass is 15.2. The van der Waals surface area contributed by atoms with Gasteiger partial charge in [0.1, 0.15) is 18.1 Å². The van der Waals surface area contributed by atoms with Gasteiger partial charge in [0, 0.05) is 14.5 Å². The molecule has 2 aromatic rings. The minimum atomic E-state index is 0.120. The summed E-state index contributed by atoms with van der Waals surface area (Å²) in [4.78, 5) is 2.68. The highest BCUT2D eigenvalue weighted by Gasteiger charge is 2.16.